The van der Waals surface area contributed by atoms with E-state index in [0.29, 0.717) is 28.4 Å². The number of aromatic nitrogens is 3. The van der Waals surface area contributed by atoms with E-state index >= 15 is 0 Å². The van der Waals surface area contributed by atoms with Crippen LogP contribution in [-0.4, -0.2) is 44.8 Å². The molecule has 1 unspecified atom stereocenters. The maximum absolute atomic E-state index is 12.4. The molecule has 2 aromatic carbocycles. The number of fused-ring (bicyclic) bond motifs is 1. The third-order valence-corrected chi connectivity index (χ3v) is 5.47. The number of hydrogen-bond donors (Lipinski definition) is 3. The predicted octanol–water partition coefficient (Wildman–Crippen LogP) is 5.23. The Labute approximate surface area is 216 Å². The van der Waals surface area contributed by atoms with Gasteiger partial charge in [-0.25, -0.2) is 9.97 Å². The van der Waals surface area contributed by atoms with Crippen LogP contribution in [0, 0.1) is 13.8 Å². The summed E-state index contributed by atoms with van der Waals surface area (Å²) in [6.07, 6.45) is -1.86. The smallest absolute Gasteiger partial charge is 0.423 e. The summed E-state index contributed by atoms with van der Waals surface area (Å²) < 4.78 is 43.1. The van der Waals surface area contributed by atoms with Crippen LogP contribution in [0.15, 0.2) is 67.1 Å². The van der Waals surface area contributed by atoms with E-state index in [4.69, 9.17) is 9.84 Å². The lowest BCUT2D eigenvalue weighted by molar-refractivity contribution is -0.204. The second kappa shape index (κ2) is 11.3. The molecule has 0 aliphatic carbocycles. The summed E-state index contributed by atoms with van der Waals surface area (Å²) >= 11 is 0. The van der Waals surface area contributed by atoms with Crippen molar-refractivity contribution < 1.29 is 27.8 Å². The third kappa shape index (κ3) is 6.62. The average molecular weight is 524 g/mol. The number of pyridine rings is 1. The van der Waals surface area contributed by atoms with Crippen LogP contribution in [-0.2, 0) is 4.79 Å². The lowest BCUT2D eigenvalue weighted by Gasteiger charge is -2.13. The second-order valence-electron chi connectivity index (χ2n) is 8.43. The van der Waals surface area contributed by atoms with Crippen LogP contribution in [0.3, 0.4) is 0 Å². The molecule has 0 bridgehead atoms. The number of anilines is 2. The summed E-state index contributed by atoms with van der Waals surface area (Å²) in [7, 11) is 0. The number of aliphatic hydroxyl groups is 1. The highest BCUT2D eigenvalue weighted by molar-refractivity contribution is 5.92. The quantitative estimate of drug-likeness (QED) is 0.290. The molecule has 0 saturated carbocycles. The van der Waals surface area contributed by atoms with E-state index in [1.807, 2.05) is 55.6 Å². The zero-order valence-corrected chi connectivity index (χ0v) is 20.5. The van der Waals surface area contributed by atoms with Crippen molar-refractivity contribution >= 4 is 34.4 Å². The van der Waals surface area contributed by atoms with Crippen molar-refractivity contribution in [2.75, 3.05) is 11.9 Å². The molecule has 2 aromatic heterocycles. The van der Waals surface area contributed by atoms with Gasteiger partial charge in [0, 0.05) is 23.3 Å². The van der Waals surface area contributed by atoms with Crippen molar-refractivity contribution in [3.05, 3.63) is 84.0 Å². The van der Waals surface area contributed by atoms with E-state index in [0.717, 1.165) is 22.3 Å². The second-order valence-corrected chi connectivity index (χ2v) is 8.43. The molecule has 3 N–H and O–H groups in total. The van der Waals surface area contributed by atoms with Gasteiger partial charge in [0.15, 0.2) is 0 Å². The van der Waals surface area contributed by atoms with Crippen molar-refractivity contribution in [3.8, 4) is 11.5 Å². The van der Waals surface area contributed by atoms with Gasteiger partial charge in [-0.1, -0.05) is 18.2 Å². The SMILES string of the molecule is Cc1ccc(Oc2ccc(Nc3ncnc4ccc(C=CCNC(=O)C(O)C(F)(F)F)cc34)cc2C)cn1. The van der Waals surface area contributed by atoms with Crippen LogP contribution in [0.5, 0.6) is 11.5 Å². The minimum Gasteiger partial charge on any atom is -0.455 e. The van der Waals surface area contributed by atoms with Crippen molar-refractivity contribution in [1.29, 1.82) is 0 Å². The fourth-order valence-electron chi connectivity index (χ4n) is 3.50. The molecule has 38 heavy (non-hydrogen) atoms. The zero-order chi connectivity index (χ0) is 27.3. The van der Waals surface area contributed by atoms with E-state index in [-0.39, 0.29) is 6.54 Å². The van der Waals surface area contributed by atoms with Crippen LogP contribution in [0.2, 0.25) is 0 Å². The summed E-state index contributed by atoms with van der Waals surface area (Å²) in [6.45, 7) is 3.64. The number of amides is 1. The van der Waals surface area contributed by atoms with Gasteiger partial charge in [-0.2, -0.15) is 13.2 Å². The molecular weight excluding hydrogens is 499 g/mol. The van der Waals surface area contributed by atoms with Gasteiger partial charge in [0.2, 0.25) is 6.10 Å². The van der Waals surface area contributed by atoms with Gasteiger partial charge in [-0.05, 0) is 67.4 Å². The summed E-state index contributed by atoms with van der Waals surface area (Å²) in [6, 6.07) is 14.7. The Morgan fingerprint density at radius 2 is 1.89 bits per heavy atom. The fourth-order valence-corrected chi connectivity index (χ4v) is 3.50. The van der Waals surface area contributed by atoms with Crippen LogP contribution < -0.4 is 15.4 Å². The molecule has 1 atom stereocenters. The van der Waals surface area contributed by atoms with Crippen molar-refractivity contribution in [3.63, 3.8) is 0 Å². The number of aryl methyl sites for hydroxylation is 2. The van der Waals surface area contributed by atoms with E-state index < -0.39 is 18.2 Å². The Kier molecular flexibility index (Phi) is 7.87. The number of nitrogens with one attached hydrogen (secondary N) is 2. The van der Waals surface area contributed by atoms with E-state index in [1.165, 1.54) is 12.4 Å². The standard InChI is InChI=1S/C27H24F3N5O3/c1-16-12-19(7-10-23(16)38-20-8-5-17(2)32-14-20)35-25-21-13-18(6-9-22(21)33-15-34-25)4-3-11-31-26(37)24(36)27(28,29)30/h3-10,12-15,24,36H,11H2,1-2H3,(H,31,37)(H,33,34,35). The Morgan fingerprint density at radius 3 is 2.61 bits per heavy atom. The maximum atomic E-state index is 12.4. The Bertz CT molecular complexity index is 1470. The normalized spacial score (nSPS) is 12.5. The molecule has 0 fully saturated rings. The van der Waals surface area contributed by atoms with Crippen LogP contribution in [0.1, 0.15) is 16.8 Å². The topological polar surface area (TPSA) is 109 Å². The molecule has 4 rings (SSSR count). The van der Waals surface area contributed by atoms with Gasteiger partial charge in [0.05, 0.1) is 11.7 Å². The van der Waals surface area contributed by atoms with Crippen molar-refractivity contribution in [2.24, 2.45) is 0 Å². The highest BCUT2D eigenvalue weighted by Crippen LogP contribution is 2.30. The van der Waals surface area contributed by atoms with Crippen molar-refractivity contribution in [2.45, 2.75) is 26.1 Å². The highest BCUT2D eigenvalue weighted by Gasteiger charge is 2.43. The van der Waals surface area contributed by atoms with E-state index in [9.17, 15) is 18.0 Å². The van der Waals surface area contributed by atoms with E-state index in [1.54, 1.807) is 24.4 Å². The molecule has 2 heterocycles. The van der Waals surface area contributed by atoms with Crippen LogP contribution >= 0.6 is 0 Å². The average Bonchev–Trinajstić information content (AvgIpc) is 2.88. The summed E-state index contributed by atoms with van der Waals surface area (Å²) in [5, 5.41) is 15.0. The number of nitrogens with zero attached hydrogens (tertiary/aromatic N) is 3. The minimum atomic E-state index is -5.01. The molecule has 8 nitrogen and oxygen atoms in total. The van der Waals surface area contributed by atoms with Crippen LogP contribution in [0.25, 0.3) is 17.0 Å². The Balaban J connectivity index is 1.46. The maximum Gasteiger partial charge on any atom is 0.423 e. The molecule has 0 aliphatic rings. The zero-order valence-electron chi connectivity index (χ0n) is 20.5. The van der Waals surface area contributed by atoms with Gasteiger partial charge in [0.1, 0.15) is 23.6 Å². The molecule has 4 aromatic rings. The first-order chi connectivity index (χ1) is 18.1. The molecule has 0 saturated heterocycles. The Hall–Kier alpha value is -4.51. The van der Waals surface area contributed by atoms with Gasteiger partial charge >= 0.3 is 6.18 Å². The van der Waals surface area contributed by atoms with Crippen LogP contribution in [0.4, 0.5) is 24.7 Å². The monoisotopic (exact) mass is 523 g/mol. The highest BCUT2D eigenvalue weighted by atomic mass is 19.4. The number of benzene rings is 2. The molecule has 0 aliphatic heterocycles. The summed E-state index contributed by atoms with van der Waals surface area (Å²) in [5.41, 5.74) is 3.98. The molecular formula is C27H24F3N5O3. The number of alkyl halides is 3. The largest absolute Gasteiger partial charge is 0.455 e. The number of hydrogen-bond acceptors (Lipinski definition) is 7. The molecule has 11 heteroatoms. The first kappa shape index (κ1) is 26.6. The van der Waals surface area contributed by atoms with E-state index in [2.05, 4.69) is 20.3 Å². The lowest BCUT2D eigenvalue weighted by atomic mass is 10.1. The molecule has 196 valence electrons. The Morgan fingerprint density at radius 1 is 1.08 bits per heavy atom. The number of ether oxygens (including phenoxy) is 1. The van der Waals surface area contributed by atoms with Gasteiger partial charge in [-0.15, -0.1) is 0 Å². The first-order valence-electron chi connectivity index (χ1n) is 11.5. The fraction of sp³-hybridized carbons (Fsp3) is 0.185. The first-order valence-corrected chi connectivity index (χ1v) is 11.5. The predicted molar refractivity (Wildman–Crippen MR) is 137 cm³/mol. The number of carbonyl (C=O) groups is 1. The van der Waals surface area contributed by atoms with Crippen molar-refractivity contribution in [1.82, 2.24) is 20.3 Å². The lowest BCUT2D eigenvalue weighted by Crippen LogP contribution is -2.44. The summed E-state index contributed by atoms with van der Waals surface area (Å²) in [5.74, 6) is 0.374. The molecule has 1 amide bonds. The van der Waals surface area contributed by atoms with Gasteiger partial charge in [-0.3, -0.25) is 9.78 Å². The molecule has 0 radical (unpaired) electrons. The minimum absolute atomic E-state index is 0.188. The van der Waals surface area contributed by atoms with Gasteiger partial charge < -0.3 is 20.5 Å². The number of rotatable bonds is 8. The summed E-state index contributed by atoms with van der Waals surface area (Å²) in [4.78, 5) is 24.3. The number of halogens is 3. The number of carbonyl (C=O) groups excluding carboxylic acids is 1. The molecule has 0 spiro atoms. The number of aliphatic hydroxyl groups excluding tert-OH is 1. The third-order valence-electron chi connectivity index (χ3n) is 5.47. The van der Waals surface area contributed by atoms with Gasteiger partial charge in [0.25, 0.3) is 5.91 Å².